The fourth-order valence-electron chi connectivity index (χ4n) is 1.96. The van der Waals surface area contributed by atoms with Crippen LogP contribution in [-0.4, -0.2) is 48.5 Å². The number of hydrogen-bond acceptors (Lipinski definition) is 4. The fraction of sp³-hybridized carbons (Fsp3) is 0.917. The molecule has 16 heavy (non-hydrogen) atoms. The highest BCUT2D eigenvalue weighted by molar-refractivity contribution is 8.14. The molecular formula is C12H25N3S. The third-order valence-corrected chi connectivity index (χ3v) is 3.51. The normalized spacial score (nSPS) is 22.7. The van der Waals surface area contributed by atoms with Crippen molar-refractivity contribution >= 4 is 16.9 Å². The van der Waals surface area contributed by atoms with Crippen LogP contribution in [0.5, 0.6) is 0 Å². The molecule has 1 aliphatic rings. The molecular weight excluding hydrogens is 218 g/mol. The lowest BCUT2D eigenvalue weighted by atomic mass is 10.1. The highest BCUT2D eigenvalue weighted by atomic mass is 32.2. The van der Waals surface area contributed by atoms with E-state index in [1.165, 1.54) is 6.42 Å². The van der Waals surface area contributed by atoms with Crippen molar-refractivity contribution in [2.24, 2.45) is 10.9 Å². The minimum Gasteiger partial charge on any atom is -0.361 e. The Morgan fingerprint density at radius 2 is 2.12 bits per heavy atom. The van der Waals surface area contributed by atoms with Gasteiger partial charge in [-0.2, -0.15) is 0 Å². The van der Waals surface area contributed by atoms with Gasteiger partial charge in [0.05, 0.1) is 6.04 Å². The van der Waals surface area contributed by atoms with Gasteiger partial charge < -0.3 is 10.2 Å². The van der Waals surface area contributed by atoms with Crippen LogP contribution in [0.1, 0.15) is 27.2 Å². The molecule has 0 saturated heterocycles. The maximum Gasteiger partial charge on any atom is 0.157 e. The number of amidine groups is 1. The smallest absolute Gasteiger partial charge is 0.157 e. The van der Waals surface area contributed by atoms with Crippen LogP contribution in [0.2, 0.25) is 0 Å². The van der Waals surface area contributed by atoms with Crippen LogP contribution in [0, 0.1) is 5.92 Å². The van der Waals surface area contributed by atoms with Crippen molar-refractivity contribution in [1.29, 1.82) is 0 Å². The number of aliphatic imine (C=N–C) groups is 1. The Bertz CT molecular complexity index is 238. The number of nitrogens with one attached hydrogen (secondary N) is 1. The Labute approximate surface area is 104 Å². The summed E-state index contributed by atoms with van der Waals surface area (Å²) < 4.78 is 0. The molecule has 0 aromatic rings. The second-order valence-corrected chi connectivity index (χ2v) is 6.34. The molecule has 0 spiro atoms. The van der Waals surface area contributed by atoms with Gasteiger partial charge in [0.1, 0.15) is 0 Å². The third-order valence-electron chi connectivity index (χ3n) is 2.46. The summed E-state index contributed by atoms with van der Waals surface area (Å²) in [5.74, 6) is 1.89. The average Bonchev–Trinajstić information content (AvgIpc) is 2.49. The fourth-order valence-corrected chi connectivity index (χ4v) is 3.03. The average molecular weight is 243 g/mol. The lowest BCUT2D eigenvalue weighted by Gasteiger charge is -2.18. The molecule has 1 heterocycles. The van der Waals surface area contributed by atoms with E-state index in [9.17, 15) is 0 Å². The Kier molecular flexibility index (Phi) is 5.62. The van der Waals surface area contributed by atoms with E-state index in [0.717, 1.165) is 23.4 Å². The predicted octanol–water partition coefficient (Wildman–Crippen LogP) is 2.04. The van der Waals surface area contributed by atoms with E-state index >= 15 is 0 Å². The topological polar surface area (TPSA) is 27.6 Å². The minimum atomic E-state index is 0.471. The first-order valence-corrected chi connectivity index (χ1v) is 7.07. The minimum absolute atomic E-state index is 0.471. The van der Waals surface area contributed by atoms with Crippen molar-refractivity contribution in [3.63, 3.8) is 0 Å². The SMILES string of the molecule is CC(C)CC1CSC(NC(C)CN(C)C)=N1. The van der Waals surface area contributed by atoms with Gasteiger partial charge in [0.2, 0.25) is 0 Å². The van der Waals surface area contributed by atoms with Crippen LogP contribution in [0.25, 0.3) is 0 Å². The zero-order valence-corrected chi connectivity index (χ0v) is 12.0. The van der Waals surface area contributed by atoms with E-state index in [1.54, 1.807) is 0 Å². The molecule has 4 heteroatoms. The van der Waals surface area contributed by atoms with Crippen LogP contribution in [-0.2, 0) is 0 Å². The van der Waals surface area contributed by atoms with E-state index in [-0.39, 0.29) is 0 Å². The van der Waals surface area contributed by atoms with Gasteiger partial charge >= 0.3 is 0 Å². The summed E-state index contributed by atoms with van der Waals surface area (Å²) in [7, 11) is 4.20. The van der Waals surface area contributed by atoms with Crippen LogP contribution >= 0.6 is 11.8 Å². The standard InChI is InChI=1S/C12H25N3S/c1-9(2)6-11-8-16-12(14-11)13-10(3)7-15(4)5/h9-11H,6-8H2,1-5H3,(H,13,14). The van der Waals surface area contributed by atoms with E-state index in [4.69, 9.17) is 4.99 Å². The maximum atomic E-state index is 4.73. The zero-order valence-electron chi connectivity index (χ0n) is 11.2. The van der Waals surface area contributed by atoms with E-state index in [1.807, 2.05) is 11.8 Å². The number of thioether (sulfide) groups is 1. The highest BCUT2D eigenvalue weighted by Crippen LogP contribution is 2.21. The molecule has 0 aliphatic carbocycles. The molecule has 0 fully saturated rings. The van der Waals surface area contributed by atoms with E-state index in [2.05, 4.69) is 45.1 Å². The predicted molar refractivity (Wildman–Crippen MR) is 74.3 cm³/mol. The number of nitrogens with zero attached hydrogens (tertiary/aromatic N) is 2. The number of rotatable bonds is 5. The summed E-state index contributed by atoms with van der Waals surface area (Å²) in [6, 6.07) is 0.998. The van der Waals surface area contributed by atoms with Crippen molar-refractivity contribution in [3.05, 3.63) is 0 Å². The molecule has 0 aromatic heterocycles. The molecule has 1 rings (SSSR count). The molecule has 0 aromatic carbocycles. The van der Waals surface area contributed by atoms with E-state index < -0.39 is 0 Å². The van der Waals surface area contributed by atoms with E-state index in [0.29, 0.717) is 12.1 Å². The second-order valence-electron chi connectivity index (χ2n) is 5.34. The highest BCUT2D eigenvalue weighted by Gasteiger charge is 2.20. The van der Waals surface area contributed by atoms with Gasteiger partial charge in [-0.25, -0.2) is 0 Å². The Morgan fingerprint density at radius 1 is 1.44 bits per heavy atom. The first kappa shape index (κ1) is 13.8. The van der Waals surface area contributed by atoms with Crippen molar-refractivity contribution in [3.8, 4) is 0 Å². The van der Waals surface area contributed by atoms with Crippen molar-refractivity contribution in [2.75, 3.05) is 26.4 Å². The second kappa shape index (κ2) is 6.50. The lowest BCUT2D eigenvalue weighted by molar-refractivity contribution is 0.370. The van der Waals surface area contributed by atoms with Crippen LogP contribution in [0.3, 0.4) is 0 Å². The summed E-state index contributed by atoms with van der Waals surface area (Å²) >= 11 is 1.87. The quantitative estimate of drug-likeness (QED) is 0.801. The first-order chi connectivity index (χ1) is 7.47. The third kappa shape index (κ3) is 5.21. The first-order valence-electron chi connectivity index (χ1n) is 6.09. The summed E-state index contributed by atoms with van der Waals surface area (Å²) in [6.07, 6.45) is 1.21. The molecule has 3 nitrogen and oxygen atoms in total. The van der Waals surface area contributed by atoms with Gasteiger partial charge in [-0.15, -0.1) is 0 Å². The Balaban J connectivity index is 2.33. The summed E-state index contributed by atoms with van der Waals surface area (Å²) in [6.45, 7) is 7.79. The largest absolute Gasteiger partial charge is 0.361 e. The Morgan fingerprint density at radius 3 is 2.69 bits per heavy atom. The van der Waals surface area contributed by atoms with Crippen LogP contribution in [0.4, 0.5) is 0 Å². The molecule has 2 unspecified atom stereocenters. The molecule has 0 radical (unpaired) electrons. The van der Waals surface area contributed by atoms with Crippen LogP contribution in [0.15, 0.2) is 4.99 Å². The van der Waals surface area contributed by atoms with Gasteiger partial charge in [0.15, 0.2) is 5.17 Å². The molecule has 0 amide bonds. The molecule has 94 valence electrons. The zero-order chi connectivity index (χ0) is 12.1. The summed E-state index contributed by atoms with van der Waals surface area (Å²) in [5.41, 5.74) is 0. The number of hydrogen-bond donors (Lipinski definition) is 1. The van der Waals surface area contributed by atoms with Gasteiger partial charge in [-0.05, 0) is 33.4 Å². The molecule has 0 bridgehead atoms. The molecule has 2 atom stereocenters. The van der Waals surface area contributed by atoms with Gasteiger partial charge in [0.25, 0.3) is 0 Å². The Hall–Kier alpha value is -0.220. The van der Waals surface area contributed by atoms with Crippen LogP contribution < -0.4 is 5.32 Å². The van der Waals surface area contributed by atoms with Crippen molar-refractivity contribution in [1.82, 2.24) is 10.2 Å². The molecule has 1 N–H and O–H groups in total. The van der Waals surface area contributed by atoms with Gasteiger partial charge in [-0.1, -0.05) is 25.6 Å². The summed E-state index contributed by atoms with van der Waals surface area (Å²) in [5, 5.41) is 4.62. The van der Waals surface area contributed by atoms with Crippen molar-refractivity contribution in [2.45, 2.75) is 39.3 Å². The monoisotopic (exact) mass is 243 g/mol. The molecule has 0 saturated carbocycles. The lowest BCUT2D eigenvalue weighted by Crippen LogP contribution is -2.37. The van der Waals surface area contributed by atoms with Gasteiger partial charge in [-0.3, -0.25) is 4.99 Å². The van der Waals surface area contributed by atoms with Crippen molar-refractivity contribution < 1.29 is 0 Å². The maximum absolute atomic E-state index is 4.73. The number of likely N-dealkylation sites (N-methyl/N-ethyl adjacent to an activating group) is 1. The summed E-state index contributed by atoms with van der Waals surface area (Å²) in [4.78, 5) is 6.92. The van der Waals surface area contributed by atoms with Gasteiger partial charge in [0, 0.05) is 18.3 Å². The molecule has 1 aliphatic heterocycles.